The van der Waals surface area contributed by atoms with Gasteiger partial charge in [-0.05, 0) is 30.7 Å². The van der Waals surface area contributed by atoms with Gasteiger partial charge in [0.1, 0.15) is 5.82 Å². The van der Waals surface area contributed by atoms with Crippen molar-refractivity contribution >= 4 is 5.82 Å². The molecular formula is C20H22F2N4O3. The van der Waals surface area contributed by atoms with Gasteiger partial charge in [0.2, 0.25) is 0 Å². The number of anilines is 1. The molecule has 154 valence electrons. The fourth-order valence-electron chi connectivity index (χ4n) is 4.77. The van der Waals surface area contributed by atoms with Gasteiger partial charge in [-0.15, -0.1) is 8.78 Å². The molecule has 7 nitrogen and oxygen atoms in total. The average molecular weight is 404 g/mol. The van der Waals surface area contributed by atoms with E-state index in [-0.39, 0.29) is 17.5 Å². The minimum absolute atomic E-state index is 0.0766. The maximum Gasteiger partial charge on any atom is 0.586 e. The number of aromatic nitrogens is 2. The van der Waals surface area contributed by atoms with E-state index in [1.165, 1.54) is 6.07 Å². The number of hydrogen-bond donors (Lipinski definition) is 2. The molecule has 4 atom stereocenters. The van der Waals surface area contributed by atoms with E-state index in [4.69, 9.17) is 4.74 Å². The first-order valence-electron chi connectivity index (χ1n) is 9.77. The number of nitrogens with zero attached hydrogens (tertiary/aromatic N) is 3. The highest BCUT2D eigenvalue weighted by atomic mass is 19.3. The van der Waals surface area contributed by atoms with E-state index < -0.39 is 12.4 Å². The molecule has 29 heavy (non-hydrogen) atoms. The first-order valence-corrected chi connectivity index (χ1v) is 9.77. The van der Waals surface area contributed by atoms with Gasteiger partial charge in [-0.25, -0.2) is 4.98 Å². The third kappa shape index (κ3) is 3.72. The third-order valence-corrected chi connectivity index (χ3v) is 6.02. The highest BCUT2D eigenvalue weighted by Gasteiger charge is 2.45. The molecule has 1 aliphatic carbocycles. The number of fused-ring (bicyclic) bond motifs is 2. The summed E-state index contributed by atoms with van der Waals surface area (Å²) < 4.78 is 36.1. The van der Waals surface area contributed by atoms with Crippen molar-refractivity contribution in [1.82, 2.24) is 14.9 Å². The van der Waals surface area contributed by atoms with Gasteiger partial charge < -0.3 is 19.9 Å². The van der Waals surface area contributed by atoms with Crippen molar-refractivity contribution in [1.29, 1.82) is 0 Å². The molecule has 2 aromatic rings. The molecule has 2 N–H and O–H groups in total. The van der Waals surface area contributed by atoms with Crippen LogP contribution in [-0.2, 0) is 6.54 Å². The summed E-state index contributed by atoms with van der Waals surface area (Å²) in [6.45, 7) is 2.17. The second-order valence-corrected chi connectivity index (χ2v) is 8.01. The Hall–Kier alpha value is -2.52. The summed E-state index contributed by atoms with van der Waals surface area (Å²) in [5, 5.41) is 13.9. The van der Waals surface area contributed by atoms with Crippen LogP contribution in [0.25, 0.3) is 0 Å². The van der Waals surface area contributed by atoms with E-state index in [1.54, 1.807) is 30.7 Å². The zero-order valence-electron chi connectivity index (χ0n) is 15.7. The van der Waals surface area contributed by atoms with Crippen LogP contribution in [0, 0.1) is 11.8 Å². The average Bonchev–Trinajstić information content (AvgIpc) is 3.21. The summed E-state index contributed by atoms with van der Waals surface area (Å²) >= 11 is 0. The number of para-hydroxylation sites is 1. The summed E-state index contributed by atoms with van der Waals surface area (Å²) in [6, 6.07) is 4.90. The van der Waals surface area contributed by atoms with Gasteiger partial charge in [0.25, 0.3) is 0 Å². The molecule has 0 amide bonds. The van der Waals surface area contributed by atoms with Crippen molar-refractivity contribution in [3.05, 3.63) is 42.4 Å². The molecule has 0 radical (unpaired) electrons. The highest BCUT2D eigenvalue weighted by Crippen LogP contribution is 2.44. The number of alkyl halides is 2. The summed E-state index contributed by atoms with van der Waals surface area (Å²) in [4.78, 5) is 10.5. The van der Waals surface area contributed by atoms with Crippen LogP contribution in [0.5, 0.6) is 11.5 Å². The molecule has 0 unspecified atom stereocenters. The van der Waals surface area contributed by atoms with E-state index in [1.807, 2.05) is 0 Å². The largest absolute Gasteiger partial charge is 0.586 e. The minimum atomic E-state index is -3.61. The van der Waals surface area contributed by atoms with Crippen LogP contribution in [0.4, 0.5) is 14.6 Å². The molecule has 1 saturated carbocycles. The number of hydrogen-bond acceptors (Lipinski definition) is 7. The number of benzene rings is 1. The number of nitrogens with one attached hydrogen (secondary N) is 1. The number of halogens is 2. The molecule has 3 heterocycles. The van der Waals surface area contributed by atoms with Gasteiger partial charge in [0.15, 0.2) is 11.5 Å². The van der Waals surface area contributed by atoms with Crippen LogP contribution in [-0.4, -0.2) is 51.5 Å². The van der Waals surface area contributed by atoms with Gasteiger partial charge in [0.05, 0.1) is 18.3 Å². The van der Waals surface area contributed by atoms with Gasteiger partial charge in [0, 0.05) is 37.6 Å². The fourth-order valence-corrected chi connectivity index (χ4v) is 4.77. The SMILES string of the molecule is O[C@@H]1C[C@H]2CN(Cc3cccc4c3OC(F)(F)O4)C[C@H]2C[C@H]1Nc1cnccn1. The van der Waals surface area contributed by atoms with Gasteiger partial charge in [-0.3, -0.25) is 9.88 Å². The predicted molar refractivity (Wildman–Crippen MR) is 99.6 cm³/mol. The Kier molecular flexibility index (Phi) is 4.51. The normalized spacial score (nSPS) is 30.2. The highest BCUT2D eigenvalue weighted by molar-refractivity contribution is 5.48. The Bertz CT molecular complexity index is 885. The number of aliphatic hydroxyl groups is 1. The lowest BCUT2D eigenvalue weighted by Gasteiger charge is -2.35. The lowest BCUT2D eigenvalue weighted by atomic mass is 9.77. The Labute approximate surface area is 166 Å². The van der Waals surface area contributed by atoms with Crippen molar-refractivity contribution in [2.24, 2.45) is 11.8 Å². The Morgan fingerprint density at radius 2 is 2.00 bits per heavy atom. The lowest BCUT2D eigenvalue weighted by molar-refractivity contribution is -0.287. The van der Waals surface area contributed by atoms with Crippen LogP contribution in [0.1, 0.15) is 18.4 Å². The molecule has 1 aromatic heterocycles. The molecule has 2 aliphatic heterocycles. The maximum absolute atomic E-state index is 13.4. The molecule has 9 heteroatoms. The van der Waals surface area contributed by atoms with Gasteiger partial charge >= 0.3 is 6.29 Å². The van der Waals surface area contributed by atoms with Gasteiger partial charge in [-0.1, -0.05) is 12.1 Å². The van der Waals surface area contributed by atoms with Crippen LogP contribution >= 0.6 is 0 Å². The van der Waals surface area contributed by atoms with Crippen LogP contribution in [0.15, 0.2) is 36.8 Å². The molecule has 0 spiro atoms. The maximum atomic E-state index is 13.4. The molecule has 3 aliphatic rings. The van der Waals surface area contributed by atoms with Crippen molar-refractivity contribution in [2.45, 2.75) is 37.8 Å². The van der Waals surface area contributed by atoms with Crippen LogP contribution in [0.2, 0.25) is 0 Å². The first-order chi connectivity index (χ1) is 14.0. The molecule has 5 rings (SSSR count). The van der Waals surface area contributed by atoms with Crippen molar-refractivity contribution < 1.29 is 23.4 Å². The monoisotopic (exact) mass is 404 g/mol. The van der Waals surface area contributed by atoms with Gasteiger partial charge in [-0.2, -0.15) is 0 Å². The van der Waals surface area contributed by atoms with E-state index in [9.17, 15) is 13.9 Å². The van der Waals surface area contributed by atoms with E-state index in [2.05, 4.69) is 24.9 Å². The molecule has 1 saturated heterocycles. The zero-order valence-corrected chi connectivity index (χ0v) is 15.7. The number of rotatable bonds is 4. The summed E-state index contributed by atoms with van der Waals surface area (Å²) in [5.74, 6) is 1.65. The van der Waals surface area contributed by atoms with Crippen LogP contribution < -0.4 is 14.8 Å². The van der Waals surface area contributed by atoms with E-state index in [0.717, 1.165) is 19.5 Å². The predicted octanol–water partition coefficient (Wildman–Crippen LogP) is 2.48. The quantitative estimate of drug-likeness (QED) is 0.811. The minimum Gasteiger partial charge on any atom is -0.395 e. The fraction of sp³-hybridized carbons (Fsp3) is 0.500. The van der Waals surface area contributed by atoms with Crippen LogP contribution in [0.3, 0.4) is 0 Å². The zero-order chi connectivity index (χ0) is 20.0. The first kappa shape index (κ1) is 18.5. The summed E-state index contributed by atoms with van der Waals surface area (Å²) in [6.07, 6.45) is 2.32. The lowest BCUT2D eigenvalue weighted by Crippen LogP contribution is -2.43. The van der Waals surface area contributed by atoms with E-state index in [0.29, 0.717) is 36.2 Å². The Morgan fingerprint density at radius 3 is 2.79 bits per heavy atom. The molecule has 0 bridgehead atoms. The summed E-state index contributed by atoms with van der Waals surface area (Å²) in [5.41, 5.74) is 0.688. The molecule has 1 aromatic carbocycles. The Morgan fingerprint density at radius 1 is 1.17 bits per heavy atom. The molecule has 2 fully saturated rings. The number of aliphatic hydroxyl groups excluding tert-OH is 1. The summed E-state index contributed by atoms with van der Waals surface area (Å²) in [7, 11) is 0. The standard InChI is InChI=1S/C20H22F2N4O3/c21-20(22)28-17-3-1-2-12(19(17)29-20)9-26-10-13-6-15(16(27)7-14(13)11-26)25-18-8-23-4-5-24-18/h1-5,8,13-16,27H,6-7,9-11H2,(H,24,25)/t13-,14+,15-,16-/m1/s1. The Balaban J connectivity index is 1.25. The third-order valence-electron chi connectivity index (χ3n) is 6.02. The van der Waals surface area contributed by atoms with Crippen molar-refractivity contribution in [3.8, 4) is 11.5 Å². The topological polar surface area (TPSA) is 79.7 Å². The van der Waals surface area contributed by atoms with Crippen molar-refractivity contribution in [2.75, 3.05) is 18.4 Å². The molecular weight excluding hydrogens is 382 g/mol. The second-order valence-electron chi connectivity index (χ2n) is 8.01. The number of ether oxygens (including phenoxy) is 2. The van der Waals surface area contributed by atoms with E-state index >= 15 is 0 Å². The van der Waals surface area contributed by atoms with Crippen molar-refractivity contribution in [3.63, 3.8) is 0 Å². The second kappa shape index (κ2) is 7.07. The smallest absolute Gasteiger partial charge is 0.395 e. The number of likely N-dealkylation sites (tertiary alicyclic amines) is 1.